The van der Waals surface area contributed by atoms with Crippen LogP contribution in [0.3, 0.4) is 0 Å². The average Bonchev–Trinajstić information content (AvgIpc) is 2.93. The van der Waals surface area contributed by atoms with Gasteiger partial charge in [-0.05, 0) is 32.1 Å². The van der Waals surface area contributed by atoms with E-state index in [1.54, 1.807) is 6.08 Å². The summed E-state index contributed by atoms with van der Waals surface area (Å²) in [6, 6.07) is -0.810. The molecule has 9 nitrogen and oxygen atoms in total. The molecule has 6 N–H and O–H groups in total. The van der Waals surface area contributed by atoms with Crippen molar-refractivity contribution in [2.75, 3.05) is 13.2 Å². The number of nitrogens with one attached hydrogen (secondary N) is 1. The molecule has 9 heteroatoms. The number of unbranched alkanes of at least 4 members (excludes halogenated alkanes) is 10. The molecule has 0 saturated carbocycles. The number of amides is 1. The summed E-state index contributed by atoms with van der Waals surface area (Å²) >= 11 is 0. The van der Waals surface area contributed by atoms with E-state index in [4.69, 9.17) is 9.47 Å². The molecule has 0 aromatic rings. The summed E-state index contributed by atoms with van der Waals surface area (Å²) in [5, 5.41) is 53.3. The standard InChI is InChI=1S/C30H55NO8/c1-3-5-7-9-11-12-14-15-17-19-24(33)23(31-26(34)20-18-16-13-10-8-6-4-2)22-38-30-29(37)28(36)27(35)25(21-32)39-30/h11-12,17,19,23-25,27-30,32-33,35-37H,3-10,13-16,18,20-22H2,1-2H3,(H,31,34)/b12-11+,19-17+. The van der Waals surface area contributed by atoms with E-state index in [0.29, 0.717) is 6.42 Å². The van der Waals surface area contributed by atoms with Crippen molar-refractivity contribution >= 4 is 5.91 Å². The smallest absolute Gasteiger partial charge is 0.220 e. The topological polar surface area (TPSA) is 149 Å². The summed E-state index contributed by atoms with van der Waals surface area (Å²) in [7, 11) is 0. The van der Waals surface area contributed by atoms with Crippen LogP contribution in [0.4, 0.5) is 0 Å². The maximum Gasteiger partial charge on any atom is 0.220 e. The molecule has 1 aliphatic heterocycles. The van der Waals surface area contributed by atoms with E-state index in [2.05, 4.69) is 31.3 Å². The fourth-order valence-corrected chi connectivity index (χ4v) is 4.46. The second kappa shape index (κ2) is 22.4. The second-order valence-electron chi connectivity index (χ2n) is 10.5. The van der Waals surface area contributed by atoms with Gasteiger partial charge in [-0.15, -0.1) is 0 Å². The Bertz CT molecular complexity index is 671. The molecule has 7 atom stereocenters. The van der Waals surface area contributed by atoms with Crippen LogP contribution in [0, 0.1) is 0 Å². The number of carbonyl (C=O) groups is 1. The first kappa shape index (κ1) is 35.7. The molecule has 0 spiro atoms. The first-order chi connectivity index (χ1) is 18.8. The van der Waals surface area contributed by atoms with Gasteiger partial charge in [-0.2, -0.15) is 0 Å². The number of aliphatic hydroxyl groups excluding tert-OH is 5. The van der Waals surface area contributed by atoms with Crippen molar-refractivity contribution in [2.24, 2.45) is 0 Å². The number of hydrogen-bond donors (Lipinski definition) is 6. The number of allylic oxidation sites excluding steroid dienone is 3. The van der Waals surface area contributed by atoms with Crippen molar-refractivity contribution in [2.45, 2.75) is 147 Å². The van der Waals surface area contributed by atoms with Crippen LogP contribution in [0.25, 0.3) is 0 Å². The van der Waals surface area contributed by atoms with Gasteiger partial charge in [-0.1, -0.05) is 89.5 Å². The number of ether oxygens (including phenoxy) is 2. The lowest BCUT2D eigenvalue weighted by Gasteiger charge is -2.40. The molecular formula is C30H55NO8. The van der Waals surface area contributed by atoms with Gasteiger partial charge < -0.3 is 40.3 Å². The number of carbonyl (C=O) groups excluding carboxylic acids is 1. The van der Waals surface area contributed by atoms with Gasteiger partial charge in [0.1, 0.15) is 24.4 Å². The zero-order valence-corrected chi connectivity index (χ0v) is 24.1. The van der Waals surface area contributed by atoms with Crippen molar-refractivity contribution in [1.29, 1.82) is 0 Å². The lowest BCUT2D eigenvalue weighted by molar-refractivity contribution is -0.302. The van der Waals surface area contributed by atoms with E-state index in [0.717, 1.165) is 38.5 Å². The fraction of sp³-hybridized carbons (Fsp3) is 0.833. The number of aliphatic hydroxyl groups is 5. The zero-order chi connectivity index (χ0) is 28.9. The molecule has 228 valence electrons. The monoisotopic (exact) mass is 557 g/mol. The Morgan fingerprint density at radius 3 is 2.15 bits per heavy atom. The van der Waals surface area contributed by atoms with Crippen LogP contribution in [0.5, 0.6) is 0 Å². The molecule has 0 aromatic carbocycles. The van der Waals surface area contributed by atoms with Crippen LogP contribution >= 0.6 is 0 Å². The van der Waals surface area contributed by atoms with Gasteiger partial charge >= 0.3 is 0 Å². The second-order valence-corrected chi connectivity index (χ2v) is 10.5. The van der Waals surface area contributed by atoms with Crippen molar-refractivity contribution in [3.05, 3.63) is 24.3 Å². The van der Waals surface area contributed by atoms with Gasteiger partial charge in [0.2, 0.25) is 5.91 Å². The maximum atomic E-state index is 12.6. The number of hydrogen-bond acceptors (Lipinski definition) is 8. The molecule has 0 aliphatic carbocycles. The lowest BCUT2D eigenvalue weighted by atomic mass is 9.99. The summed E-state index contributed by atoms with van der Waals surface area (Å²) in [4.78, 5) is 12.6. The average molecular weight is 558 g/mol. The molecule has 1 rings (SSSR count). The summed E-state index contributed by atoms with van der Waals surface area (Å²) in [6.07, 6.45) is 14.0. The lowest BCUT2D eigenvalue weighted by Crippen LogP contribution is -2.60. The Morgan fingerprint density at radius 2 is 1.46 bits per heavy atom. The van der Waals surface area contributed by atoms with Crippen molar-refractivity contribution < 1.29 is 39.8 Å². The van der Waals surface area contributed by atoms with Crippen LogP contribution in [0.2, 0.25) is 0 Å². The van der Waals surface area contributed by atoms with Gasteiger partial charge in [0.05, 0.1) is 25.4 Å². The molecule has 1 amide bonds. The summed E-state index contributed by atoms with van der Waals surface area (Å²) in [5.74, 6) is -0.201. The van der Waals surface area contributed by atoms with Crippen LogP contribution in [-0.4, -0.2) is 87.5 Å². The molecule has 39 heavy (non-hydrogen) atoms. The zero-order valence-electron chi connectivity index (χ0n) is 24.1. The SMILES string of the molecule is CCCCC/C=C/CC/C=C/C(O)C(COC1OC(CO)C(O)C(O)C1O)NC(=O)CCCCCCCCC. The minimum atomic E-state index is -1.56. The third kappa shape index (κ3) is 15.3. The summed E-state index contributed by atoms with van der Waals surface area (Å²) in [6.45, 7) is 3.59. The largest absolute Gasteiger partial charge is 0.394 e. The van der Waals surface area contributed by atoms with Gasteiger partial charge in [0, 0.05) is 6.42 Å². The van der Waals surface area contributed by atoms with Crippen LogP contribution in [0.15, 0.2) is 24.3 Å². The molecular weight excluding hydrogens is 502 g/mol. The number of rotatable bonds is 22. The Labute approximate surface area is 235 Å². The molecule has 0 aromatic heterocycles. The minimum absolute atomic E-state index is 0.200. The van der Waals surface area contributed by atoms with E-state index >= 15 is 0 Å². The van der Waals surface area contributed by atoms with Crippen LogP contribution < -0.4 is 5.32 Å². The third-order valence-corrected chi connectivity index (χ3v) is 7.03. The van der Waals surface area contributed by atoms with E-state index in [9.17, 15) is 30.3 Å². The highest BCUT2D eigenvalue weighted by Gasteiger charge is 2.44. The maximum absolute atomic E-state index is 12.6. The van der Waals surface area contributed by atoms with E-state index in [1.807, 2.05) is 6.08 Å². The normalized spacial score (nSPS) is 25.4. The highest BCUT2D eigenvalue weighted by atomic mass is 16.7. The summed E-state index contributed by atoms with van der Waals surface area (Å²) in [5.41, 5.74) is 0. The Kier molecular flexibility index (Phi) is 20.5. The molecule has 1 heterocycles. The van der Waals surface area contributed by atoms with Gasteiger partial charge in [-0.25, -0.2) is 0 Å². The Balaban J connectivity index is 2.63. The molecule has 1 aliphatic rings. The van der Waals surface area contributed by atoms with Gasteiger partial charge in [0.15, 0.2) is 6.29 Å². The molecule has 7 unspecified atom stereocenters. The fourth-order valence-electron chi connectivity index (χ4n) is 4.46. The van der Waals surface area contributed by atoms with Gasteiger partial charge in [-0.3, -0.25) is 4.79 Å². The molecule has 0 radical (unpaired) electrons. The first-order valence-corrected chi connectivity index (χ1v) is 15.1. The Hall–Kier alpha value is -1.33. The van der Waals surface area contributed by atoms with Crippen molar-refractivity contribution in [1.82, 2.24) is 5.32 Å². The van der Waals surface area contributed by atoms with Crippen LogP contribution in [-0.2, 0) is 14.3 Å². The highest BCUT2D eigenvalue weighted by molar-refractivity contribution is 5.76. The molecule has 1 saturated heterocycles. The van der Waals surface area contributed by atoms with Crippen molar-refractivity contribution in [3.8, 4) is 0 Å². The highest BCUT2D eigenvalue weighted by Crippen LogP contribution is 2.22. The predicted octanol–water partition coefficient (Wildman–Crippen LogP) is 3.26. The van der Waals surface area contributed by atoms with Crippen molar-refractivity contribution in [3.63, 3.8) is 0 Å². The van der Waals surface area contributed by atoms with Crippen LogP contribution in [0.1, 0.15) is 104 Å². The third-order valence-electron chi connectivity index (χ3n) is 7.03. The quantitative estimate of drug-likeness (QED) is 0.0878. The van der Waals surface area contributed by atoms with E-state index < -0.39 is 49.5 Å². The van der Waals surface area contributed by atoms with Gasteiger partial charge in [0.25, 0.3) is 0 Å². The predicted molar refractivity (Wildman–Crippen MR) is 152 cm³/mol. The Morgan fingerprint density at radius 1 is 0.846 bits per heavy atom. The van der Waals surface area contributed by atoms with E-state index in [-0.39, 0.29) is 12.5 Å². The molecule has 0 bridgehead atoms. The molecule has 1 fully saturated rings. The summed E-state index contributed by atoms with van der Waals surface area (Å²) < 4.78 is 11.0. The minimum Gasteiger partial charge on any atom is -0.394 e. The van der Waals surface area contributed by atoms with E-state index in [1.165, 1.54) is 44.9 Å². The first-order valence-electron chi connectivity index (χ1n) is 15.1.